The molecule has 7 nitrogen and oxygen atoms in total. The monoisotopic (exact) mass is 457 g/mol. The van der Waals surface area contributed by atoms with Crippen LogP contribution in [-0.2, 0) is 26.0 Å². The number of fused-ring (bicyclic) bond motifs is 1. The van der Waals surface area contributed by atoms with Gasteiger partial charge in [-0.15, -0.1) is 0 Å². The first-order valence-corrected chi connectivity index (χ1v) is 11.3. The van der Waals surface area contributed by atoms with Crippen molar-refractivity contribution in [3.63, 3.8) is 0 Å². The molecular weight excluding hydrogens is 434 g/mol. The van der Waals surface area contributed by atoms with Gasteiger partial charge in [0.05, 0.1) is 18.8 Å². The van der Waals surface area contributed by atoms with Crippen LogP contribution in [0.4, 0.5) is 0 Å². The van der Waals surface area contributed by atoms with Gasteiger partial charge in [0.15, 0.2) is 0 Å². The third kappa shape index (κ3) is 4.53. The number of amides is 1. The lowest BCUT2D eigenvalue weighted by molar-refractivity contribution is -0.117. The zero-order chi connectivity index (χ0) is 19.6. The Morgan fingerprint density at radius 2 is 2.07 bits per heavy atom. The molecule has 27 heavy (non-hydrogen) atoms. The van der Waals surface area contributed by atoms with Crippen LogP contribution in [0.15, 0.2) is 22.8 Å². The molecule has 0 radical (unpaired) electrons. The van der Waals surface area contributed by atoms with Crippen LogP contribution >= 0.6 is 15.9 Å². The first-order valence-electron chi connectivity index (χ1n) is 8.86. The standard InChI is InChI=1S/C18H24BrN3O4S/c1-26-6-7-27(24,25)22-4-2-12(3-5-22)16-11-21-18-13(9-17(20)23)8-14(19)10-15(16)18/h8,10-12,21H,2-7,9H2,1H3,(H2,20,23). The van der Waals surface area contributed by atoms with E-state index >= 15 is 0 Å². The molecule has 3 N–H and O–H groups in total. The molecule has 148 valence electrons. The van der Waals surface area contributed by atoms with Crippen LogP contribution < -0.4 is 5.73 Å². The second-order valence-electron chi connectivity index (χ2n) is 6.86. The van der Waals surface area contributed by atoms with E-state index in [4.69, 9.17) is 10.5 Å². The molecule has 2 heterocycles. The van der Waals surface area contributed by atoms with Crippen LogP contribution in [-0.4, -0.2) is 56.2 Å². The number of primary amides is 1. The van der Waals surface area contributed by atoms with Crippen LogP contribution in [0.5, 0.6) is 0 Å². The number of methoxy groups -OCH3 is 1. The number of aromatic amines is 1. The number of H-pyrrole nitrogens is 1. The molecule has 1 fully saturated rings. The summed E-state index contributed by atoms with van der Waals surface area (Å²) in [4.78, 5) is 14.6. The maximum absolute atomic E-state index is 12.3. The van der Waals surface area contributed by atoms with Crippen LogP contribution in [0, 0.1) is 0 Å². The number of rotatable bonds is 7. The molecule has 1 aromatic heterocycles. The number of nitrogens with two attached hydrogens (primary N) is 1. The number of halogens is 1. The number of benzene rings is 1. The van der Waals surface area contributed by atoms with Gasteiger partial charge in [0.25, 0.3) is 0 Å². The molecule has 3 rings (SSSR count). The van der Waals surface area contributed by atoms with Gasteiger partial charge in [-0.25, -0.2) is 12.7 Å². The third-order valence-corrected chi connectivity index (χ3v) is 7.36. The van der Waals surface area contributed by atoms with E-state index in [0.717, 1.165) is 39.3 Å². The summed E-state index contributed by atoms with van der Waals surface area (Å²) in [5, 5.41) is 1.06. The lowest BCUT2D eigenvalue weighted by Crippen LogP contribution is -2.39. The highest BCUT2D eigenvalue weighted by molar-refractivity contribution is 9.10. The molecular formula is C18H24BrN3O4S. The van der Waals surface area contributed by atoms with Crippen molar-refractivity contribution in [1.29, 1.82) is 0 Å². The van der Waals surface area contributed by atoms with Gasteiger partial charge in [-0.1, -0.05) is 15.9 Å². The van der Waals surface area contributed by atoms with Crippen molar-refractivity contribution >= 4 is 42.8 Å². The maximum atomic E-state index is 12.3. The van der Waals surface area contributed by atoms with Crippen LogP contribution in [0.25, 0.3) is 10.9 Å². The molecule has 1 amide bonds. The van der Waals surface area contributed by atoms with Crippen molar-refractivity contribution in [3.05, 3.63) is 33.9 Å². The molecule has 1 aliphatic heterocycles. The second kappa shape index (κ2) is 8.30. The normalized spacial score (nSPS) is 16.8. The largest absolute Gasteiger partial charge is 0.384 e. The van der Waals surface area contributed by atoms with E-state index in [2.05, 4.69) is 20.9 Å². The zero-order valence-corrected chi connectivity index (χ0v) is 17.6. The fourth-order valence-corrected chi connectivity index (χ4v) is 5.62. The Morgan fingerprint density at radius 3 is 2.70 bits per heavy atom. The Morgan fingerprint density at radius 1 is 1.37 bits per heavy atom. The fourth-order valence-electron chi connectivity index (χ4n) is 3.72. The van der Waals surface area contributed by atoms with Crippen molar-refractivity contribution in [3.8, 4) is 0 Å². The summed E-state index contributed by atoms with van der Waals surface area (Å²) < 4.78 is 32.0. The Hall–Kier alpha value is -1.42. The summed E-state index contributed by atoms with van der Waals surface area (Å²) in [6, 6.07) is 3.94. The van der Waals surface area contributed by atoms with Crippen molar-refractivity contribution < 1.29 is 17.9 Å². The Labute approximate surface area is 167 Å². The van der Waals surface area contributed by atoms with Gasteiger partial charge in [0.2, 0.25) is 15.9 Å². The average Bonchev–Trinajstić information content (AvgIpc) is 3.03. The molecule has 1 aromatic carbocycles. The summed E-state index contributed by atoms with van der Waals surface area (Å²) >= 11 is 3.51. The Kier molecular flexibility index (Phi) is 6.25. The van der Waals surface area contributed by atoms with Gasteiger partial charge in [0.1, 0.15) is 0 Å². The lowest BCUT2D eigenvalue weighted by atomic mass is 9.89. The number of piperidine rings is 1. The van der Waals surface area contributed by atoms with Gasteiger partial charge < -0.3 is 15.5 Å². The minimum Gasteiger partial charge on any atom is -0.384 e. The highest BCUT2D eigenvalue weighted by Crippen LogP contribution is 2.36. The van der Waals surface area contributed by atoms with Gasteiger partial charge >= 0.3 is 0 Å². The highest BCUT2D eigenvalue weighted by atomic mass is 79.9. The van der Waals surface area contributed by atoms with Crippen molar-refractivity contribution in [2.24, 2.45) is 5.73 Å². The summed E-state index contributed by atoms with van der Waals surface area (Å²) in [5.41, 5.74) is 8.30. The molecule has 0 atom stereocenters. The first-order chi connectivity index (χ1) is 12.8. The molecule has 1 saturated heterocycles. The van der Waals surface area contributed by atoms with E-state index in [1.807, 2.05) is 18.3 Å². The van der Waals surface area contributed by atoms with E-state index in [9.17, 15) is 13.2 Å². The topological polar surface area (TPSA) is 105 Å². The van der Waals surface area contributed by atoms with Crippen molar-refractivity contribution in [1.82, 2.24) is 9.29 Å². The zero-order valence-electron chi connectivity index (χ0n) is 15.2. The fraction of sp³-hybridized carbons (Fsp3) is 0.500. The number of ether oxygens (including phenoxy) is 1. The quantitative estimate of drug-likeness (QED) is 0.663. The van der Waals surface area contributed by atoms with Crippen molar-refractivity contribution in [2.75, 3.05) is 32.6 Å². The molecule has 0 spiro atoms. The number of carbonyl (C=O) groups is 1. The molecule has 0 aliphatic carbocycles. The maximum Gasteiger partial charge on any atom is 0.221 e. The number of sulfonamides is 1. The van der Waals surface area contributed by atoms with Crippen LogP contribution in [0.1, 0.15) is 29.9 Å². The minimum absolute atomic E-state index is 0.0185. The van der Waals surface area contributed by atoms with E-state index in [-0.39, 0.29) is 30.6 Å². The highest BCUT2D eigenvalue weighted by Gasteiger charge is 2.29. The smallest absolute Gasteiger partial charge is 0.221 e. The number of aromatic nitrogens is 1. The van der Waals surface area contributed by atoms with E-state index in [1.165, 1.54) is 7.11 Å². The number of nitrogens with one attached hydrogen (secondary N) is 1. The predicted molar refractivity (Wildman–Crippen MR) is 108 cm³/mol. The first kappa shape index (κ1) is 20.3. The molecule has 2 aromatic rings. The van der Waals surface area contributed by atoms with E-state index in [0.29, 0.717) is 13.1 Å². The summed E-state index contributed by atoms with van der Waals surface area (Å²) in [5.74, 6) is -0.0894. The average molecular weight is 458 g/mol. The number of carbonyl (C=O) groups excluding carboxylic acids is 1. The molecule has 0 bridgehead atoms. The molecule has 0 unspecified atom stereocenters. The van der Waals surface area contributed by atoms with E-state index < -0.39 is 10.0 Å². The van der Waals surface area contributed by atoms with E-state index in [1.54, 1.807) is 4.31 Å². The lowest BCUT2D eigenvalue weighted by Gasteiger charge is -2.31. The number of hydrogen-bond donors (Lipinski definition) is 2. The summed E-state index contributed by atoms with van der Waals surface area (Å²) in [6.07, 6.45) is 3.67. The number of hydrogen-bond acceptors (Lipinski definition) is 4. The molecule has 1 aliphatic rings. The third-order valence-electron chi connectivity index (χ3n) is 5.07. The molecule has 9 heteroatoms. The molecule has 0 saturated carbocycles. The van der Waals surface area contributed by atoms with Gasteiger partial charge in [-0.05, 0) is 42.0 Å². The second-order valence-corrected chi connectivity index (χ2v) is 9.86. The Balaban J connectivity index is 1.80. The predicted octanol–water partition coefficient (Wildman–Crippen LogP) is 2.11. The van der Waals surface area contributed by atoms with Crippen molar-refractivity contribution in [2.45, 2.75) is 25.2 Å². The van der Waals surface area contributed by atoms with Crippen LogP contribution in [0.3, 0.4) is 0 Å². The van der Waals surface area contributed by atoms with Gasteiger partial charge in [0, 0.05) is 41.8 Å². The van der Waals surface area contributed by atoms with Crippen LogP contribution in [0.2, 0.25) is 0 Å². The Bertz CT molecular complexity index is 933. The number of nitrogens with zero attached hydrogens (tertiary/aromatic N) is 1. The minimum atomic E-state index is -3.27. The SMILES string of the molecule is COCCS(=O)(=O)N1CCC(c2c[nH]c3c(CC(N)=O)cc(Br)cc23)CC1. The summed E-state index contributed by atoms with van der Waals surface area (Å²) in [7, 11) is -1.76. The van der Waals surface area contributed by atoms with Gasteiger partial charge in [-0.2, -0.15) is 0 Å². The summed E-state index contributed by atoms with van der Waals surface area (Å²) in [6.45, 7) is 1.22. The van der Waals surface area contributed by atoms with Gasteiger partial charge in [-0.3, -0.25) is 4.79 Å².